The molecule has 2 aliphatic carbocycles. The van der Waals surface area contributed by atoms with Gasteiger partial charge in [-0.1, -0.05) is 183 Å². The molecule has 0 saturated heterocycles. The highest BCUT2D eigenvalue weighted by Crippen LogP contribution is 2.56. The van der Waals surface area contributed by atoms with E-state index in [2.05, 4.69) is 140 Å². The van der Waals surface area contributed by atoms with Gasteiger partial charge in [-0.3, -0.25) is 0 Å². The molecule has 3 nitrogen and oxygen atoms in total. The SMILES string of the molecule is c1ccc(-c2ccc(-c3nc(-c4ccccc4)nc(-c4ccc(-c5cccc(-c6ccc7c(c6)C6(CCCCC6)c6ccccc6-7)c5)cc4)n3)cc2)cc1. The van der Waals surface area contributed by atoms with E-state index >= 15 is 0 Å². The van der Waals surface area contributed by atoms with Gasteiger partial charge in [0.1, 0.15) is 0 Å². The molecule has 0 amide bonds. The maximum atomic E-state index is 5.02. The average Bonchev–Trinajstić information content (AvgIpc) is 3.52. The van der Waals surface area contributed by atoms with Crippen LogP contribution in [0.2, 0.25) is 0 Å². The number of benzene rings is 7. The summed E-state index contributed by atoms with van der Waals surface area (Å²) >= 11 is 0. The number of aromatic nitrogens is 3. The van der Waals surface area contributed by atoms with E-state index in [1.807, 2.05) is 36.4 Å². The first-order valence-electron chi connectivity index (χ1n) is 19.1. The summed E-state index contributed by atoms with van der Waals surface area (Å²) in [5.74, 6) is 1.97. The number of hydrogen-bond acceptors (Lipinski definition) is 3. The van der Waals surface area contributed by atoms with E-state index in [0.29, 0.717) is 17.5 Å². The van der Waals surface area contributed by atoms with Gasteiger partial charge in [-0.15, -0.1) is 0 Å². The van der Waals surface area contributed by atoms with Crippen LogP contribution in [0.15, 0.2) is 176 Å². The lowest BCUT2D eigenvalue weighted by molar-refractivity contribution is 0.353. The van der Waals surface area contributed by atoms with Crippen molar-refractivity contribution in [2.24, 2.45) is 0 Å². The first-order chi connectivity index (χ1) is 26.7. The van der Waals surface area contributed by atoms with Gasteiger partial charge >= 0.3 is 0 Å². The third kappa shape index (κ3) is 5.74. The molecule has 1 spiro atoms. The van der Waals surface area contributed by atoms with Crippen LogP contribution in [0.3, 0.4) is 0 Å². The fourth-order valence-corrected chi connectivity index (χ4v) is 8.81. The molecule has 0 bridgehead atoms. The standard InChI is InChI=1S/C51H39N3/c1-4-13-35(14-5-1)36-21-25-39(26-22-36)49-52-48(38-15-6-2-7-16-38)53-50(54-49)40-27-23-37(24-28-40)41-17-12-18-42(33-41)43-29-30-45-44-19-8-9-20-46(44)51(47(45)34-43)31-10-3-11-32-51/h1-2,4-9,12-30,33-34H,3,10-11,31-32H2. The van der Waals surface area contributed by atoms with E-state index in [0.717, 1.165) is 27.8 Å². The van der Waals surface area contributed by atoms with Crippen LogP contribution in [0.1, 0.15) is 43.2 Å². The summed E-state index contributed by atoms with van der Waals surface area (Å²) < 4.78 is 0. The predicted octanol–water partition coefficient (Wildman–Crippen LogP) is 13.1. The fourth-order valence-electron chi connectivity index (χ4n) is 8.81. The first kappa shape index (κ1) is 32.2. The van der Waals surface area contributed by atoms with Gasteiger partial charge in [0.05, 0.1) is 0 Å². The third-order valence-electron chi connectivity index (χ3n) is 11.6. The Bertz CT molecular complexity index is 2600. The number of hydrogen-bond donors (Lipinski definition) is 0. The number of rotatable bonds is 6. The molecule has 0 aliphatic heterocycles. The Morgan fingerprint density at radius 1 is 0.296 bits per heavy atom. The molecule has 0 N–H and O–H groups in total. The van der Waals surface area contributed by atoms with Gasteiger partial charge in [0.2, 0.25) is 0 Å². The van der Waals surface area contributed by atoms with E-state index in [1.54, 1.807) is 0 Å². The van der Waals surface area contributed by atoms with Crippen molar-refractivity contribution in [1.82, 2.24) is 15.0 Å². The van der Waals surface area contributed by atoms with E-state index < -0.39 is 0 Å². The maximum absolute atomic E-state index is 5.02. The smallest absolute Gasteiger partial charge is 0.164 e. The molecule has 10 rings (SSSR count). The van der Waals surface area contributed by atoms with Gasteiger partial charge in [-0.2, -0.15) is 0 Å². The molecular formula is C51H39N3. The lowest BCUT2D eigenvalue weighted by atomic mass is 9.67. The zero-order valence-electron chi connectivity index (χ0n) is 30.1. The number of nitrogens with zero attached hydrogens (tertiary/aromatic N) is 3. The van der Waals surface area contributed by atoms with Crippen LogP contribution in [0.5, 0.6) is 0 Å². The van der Waals surface area contributed by atoms with E-state index in [4.69, 9.17) is 15.0 Å². The Morgan fingerprint density at radius 2 is 0.704 bits per heavy atom. The van der Waals surface area contributed by atoms with Crippen LogP contribution in [0.4, 0.5) is 0 Å². The van der Waals surface area contributed by atoms with Crippen LogP contribution in [0, 0.1) is 0 Å². The zero-order valence-corrected chi connectivity index (χ0v) is 30.1. The molecule has 3 heteroatoms. The molecular weight excluding hydrogens is 655 g/mol. The maximum Gasteiger partial charge on any atom is 0.164 e. The largest absolute Gasteiger partial charge is 0.208 e. The minimum absolute atomic E-state index is 0.147. The molecule has 7 aromatic carbocycles. The van der Waals surface area contributed by atoms with Crippen molar-refractivity contribution >= 4 is 0 Å². The summed E-state index contributed by atoms with van der Waals surface area (Å²) in [7, 11) is 0. The Hall–Kier alpha value is -6.45. The Balaban J connectivity index is 0.975. The van der Waals surface area contributed by atoms with Crippen LogP contribution < -0.4 is 0 Å². The van der Waals surface area contributed by atoms with Gasteiger partial charge in [0, 0.05) is 22.1 Å². The molecule has 1 aromatic heterocycles. The normalized spacial score (nSPS) is 14.1. The second-order valence-corrected chi connectivity index (χ2v) is 14.7. The quantitative estimate of drug-likeness (QED) is 0.174. The summed E-state index contributed by atoms with van der Waals surface area (Å²) in [5, 5.41) is 0. The molecule has 0 unspecified atom stereocenters. The van der Waals surface area contributed by atoms with Crippen LogP contribution >= 0.6 is 0 Å². The van der Waals surface area contributed by atoms with Crippen LogP contribution in [-0.4, -0.2) is 15.0 Å². The second kappa shape index (κ2) is 13.5. The van der Waals surface area contributed by atoms with Crippen molar-refractivity contribution in [2.45, 2.75) is 37.5 Å². The van der Waals surface area contributed by atoms with E-state index in [9.17, 15) is 0 Å². The van der Waals surface area contributed by atoms with Crippen molar-refractivity contribution < 1.29 is 0 Å². The summed E-state index contributed by atoms with van der Waals surface area (Å²) in [5.41, 5.74) is 16.1. The summed E-state index contributed by atoms with van der Waals surface area (Å²) in [6, 6.07) is 63.0. The minimum atomic E-state index is 0.147. The fraction of sp³-hybridized carbons (Fsp3) is 0.118. The summed E-state index contributed by atoms with van der Waals surface area (Å²) in [6.07, 6.45) is 6.41. The highest BCUT2D eigenvalue weighted by molar-refractivity contribution is 5.85. The highest BCUT2D eigenvalue weighted by Gasteiger charge is 2.43. The van der Waals surface area contributed by atoms with E-state index in [1.165, 1.54) is 76.6 Å². The van der Waals surface area contributed by atoms with Gasteiger partial charge in [0.15, 0.2) is 17.5 Å². The minimum Gasteiger partial charge on any atom is -0.208 e. The molecule has 1 fully saturated rings. The van der Waals surface area contributed by atoms with Gasteiger partial charge in [-0.05, 0) is 80.6 Å². The molecule has 2 aliphatic rings. The predicted molar refractivity (Wildman–Crippen MR) is 222 cm³/mol. The van der Waals surface area contributed by atoms with Crippen LogP contribution in [-0.2, 0) is 5.41 Å². The van der Waals surface area contributed by atoms with Gasteiger partial charge in [0.25, 0.3) is 0 Å². The Kier molecular flexibility index (Phi) is 8.06. The topological polar surface area (TPSA) is 38.7 Å². The molecule has 0 atom stereocenters. The molecule has 1 saturated carbocycles. The average molecular weight is 694 g/mol. The highest BCUT2D eigenvalue weighted by atomic mass is 15.0. The molecule has 54 heavy (non-hydrogen) atoms. The number of fused-ring (bicyclic) bond motifs is 5. The Labute approximate surface area is 317 Å². The molecule has 1 heterocycles. The van der Waals surface area contributed by atoms with Crippen molar-refractivity contribution in [1.29, 1.82) is 0 Å². The van der Waals surface area contributed by atoms with Gasteiger partial charge < -0.3 is 0 Å². The summed E-state index contributed by atoms with van der Waals surface area (Å²) in [4.78, 5) is 14.9. The van der Waals surface area contributed by atoms with Crippen molar-refractivity contribution in [3.63, 3.8) is 0 Å². The van der Waals surface area contributed by atoms with E-state index in [-0.39, 0.29) is 5.41 Å². The van der Waals surface area contributed by atoms with Crippen molar-refractivity contribution in [3.05, 3.63) is 187 Å². The zero-order chi connectivity index (χ0) is 35.9. The summed E-state index contributed by atoms with van der Waals surface area (Å²) in [6.45, 7) is 0. The lowest BCUT2D eigenvalue weighted by Gasteiger charge is -2.36. The monoisotopic (exact) mass is 693 g/mol. The van der Waals surface area contributed by atoms with Crippen molar-refractivity contribution in [3.8, 4) is 78.7 Å². The third-order valence-corrected chi connectivity index (χ3v) is 11.6. The molecule has 8 aromatic rings. The Morgan fingerprint density at radius 3 is 1.33 bits per heavy atom. The molecule has 0 radical (unpaired) electrons. The lowest BCUT2D eigenvalue weighted by Crippen LogP contribution is -2.28. The second-order valence-electron chi connectivity index (χ2n) is 14.7. The van der Waals surface area contributed by atoms with Crippen molar-refractivity contribution in [2.75, 3.05) is 0 Å². The first-order valence-corrected chi connectivity index (χ1v) is 19.1. The van der Waals surface area contributed by atoms with Crippen LogP contribution in [0.25, 0.3) is 78.7 Å². The van der Waals surface area contributed by atoms with Gasteiger partial charge in [-0.25, -0.2) is 15.0 Å². The molecule has 258 valence electrons.